The number of rotatable bonds is 7. The van der Waals surface area contributed by atoms with Crippen molar-refractivity contribution in [2.45, 2.75) is 25.1 Å². The smallest absolute Gasteiger partial charge is 0.372 e. The van der Waals surface area contributed by atoms with Gasteiger partial charge in [0.15, 0.2) is 0 Å². The molecule has 0 saturated heterocycles. The highest BCUT2D eigenvalue weighted by Crippen LogP contribution is 2.23. The first kappa shape index (κ1) is 16.5. The Bertz CT molecular complexity index is 367. The third-order valence-corrected chi connectivity index (χ3v) is 3.08. The first-order valence-corrected chi connectivity index (χ1v) is 6.80. The highest BCUT2D eigenvalue weighted by atomic mass is 79.9. The van der Waals surface area contributed by atoms with E-state index in [0.29, 0.717) is 6.54 Å². The Hall–Kier alpha value is -0.590. The van der Waals surface area contributed by atoms with Crippen LogP contribution in [0, 0.1) is 0 Å². The fourth-order valence-electron chi connectivity index (χ4n) is 1.63. The van der Waals surface area contributed by atoms with Crippen molar-refractivity contribution in [2.75, 3.05) is 20.2 Å². The van der Waals surface area contributed by atoms with Crippen LogP contribution < -0.4 is 5.32 Å². The van der Waals surface area contributed by atoms with Gasteiger partial charge in [-0.25, -0.2) is 0 Å². The van der Waals surface area contributed by atoms with Gasteiger partial charge in [0.25, 0.3) is 0 Å². The molecule has 1 aromatic rings. The summed E-state index contributed by atoms with van der Waals surface area (Å²) < 4.78 is 42.5. The summed E-state index contributed by atoms with van der Waals surface area (Å²) in [4.78, 5) is 0. The number of alkyl halides is 3. The van der Waals surface area contributed by atoms with Gasteiger partial charge >= 0.3 is 6.18 Å². The van der Waals surface area contributed by atoms with Crippen molar-refractivity contribution in [3.05, 3.63) is 34.3 Å². The Kier molecular flexibility index (Phi) is 6.82. The minimum Gasteiger partial charge on any atom is -0.372 e. The lowest BCUT2D eigenvalue weighted by Gasteiger charge is -2.18. The van der Waals surface area contributed by atoms with E-state index in [-0.39, 0.29) is 19.1 Å². The maximum atomic E-state index is 12.0. The average Bonchev–Trinajstić information content (AvgIpc) is 2.33. The zero-order valence-corrected chi connectivity index (χ0v) is 12.2. The quantitative estimate of drug-likeness (QED) is 0.756. The summed E-state index contributed by atoms with van der Waals surface area (Å²) in [5.74, 6) is 0. The summed E-state index contributed by atoms with van der Waals surface area (Å²) in [5.41, 5.74) is 0.949. The fourth-order valence-corrected chi connectivity index (χ4v) is 1.90. The second kappa shape index (κ2) is 7.87. The molecule has 0 spiro atoms. The normalized spacial score (nSPS) is 13.5. The van der Waals surface area contributed by atoms with Crippen LogP contribution in [-0.4, -0.2) is 26.4 Å². The molecule has 1 rings (SSSR count). The Balaban J connectivity index is 2.47. The van der Waals surface area contributed by atoms with Crippen LogP contribution in [-0.2, 0) is 4.74 Å². The largest absolute Gasteiger partial charge is 0.389 e. The van der Waals surface area contributed by atoms with Crippen LogP contribution in [0.25, 0.3) is 0 Å². The van der Waals surface area contributed by atoms with Crippen molar-refractivity contribution in [1.29, 1.82) is 0 Å². The zero-order valence-electron chi connectivity index (χ0n) is 10.6. The molecule has 1 unspecified atom stereocenters. The van der Waals surface area contributed by atoms with Gasteiger partial charge in [0.1, 0.15) is 0 Å². The molecule has 1 N–H and O–H groups in total. The molecule has 0 aliphatic carbocycles. The predicted molar refractivity (Wildman–Crippen MR) is 72.1 cm³/mol. The molecule has 0 fully saturated rings. The lowest BCUT2D eigenvalue weighted by Crippen LogP contribution is -2.20. The van der Waals surface area contributed by atoms with Gasteiger partial charge in [-0.1, -0.05) is 28.1 Å². The van der Waals surface area contributed by atoms with Crippen LogP contribution in [0.5, 0.6) is 0 Å². The molecule has 0 bridgehead atoms. The second-order valence-electron chi connectivity index (χ2n) is 4.19. The zero-order chi connectivity index (χ0) is 14.3. The first-order chi connectivity index (χ1) is 8.92. The van der Waals surface area contributed by atoms with E-state index in [1.54, 1.807) is 7.05 Å². The monoisotopic (exact) mass is 339 g/mol. The van der Waals surface area contributed by atoms with Gasteiger partial charge < -0.3 is 10.1 Å². The molecule has 0 aliphatic heterocycles. The second-order valence-corrected chi connectivity index (χ2v) is 5.10. The summed E-state index contributed by atoms with van der Waals surface area (Å²) in [6.07, 6.45) is -5.16. The van der Waals surface area contributed by atoms with Crippen molar-refractivity contribution >= 4 is 15.9 Å². The molecule has 0 aliphatic rings. The van der Waals surface area contributed by atoms with E-state index in [2.05, 4.69) is 21.2 Å². The Morgan fingerprint density at radius 2 is 1.89 bits per heavy atom. The number of likely N-dealkylation sites (N-methyl/N-ethyl adjacent to an activating group) is 1. The number of benzene rings is 1. The van der Waals surface area contributed by atoms with Gasteiger partial charge in [-0.05, 0) is 31.2 Å². The number of hydrogen-bond acceptors (Lipinski definition) is 2. The summed E-state index contributed by atoms with van der Waals surface area (Å²) in [7, 11) is 1.78. The van der Waals surface area contributed by atoms with Crippen molar-refractivity contribution in [3.8, 4) is 0 Å². The molecule has 19 heavy (non-hydrogen) atoms. The Morgan fingerprint density at radius 3 is 2.42 bits per heavy atom. The van der Waals surface area contributed by atoms with E-state index in [9.17, 15) is 13.2 Å². The minimum absolute atomic E-state index is 0.0136. The third-order valence-electron chi connectivity index (χ3n) is 2.55. The van der Waals surface area contributed by atoms with Crippen molar-refractivity contribution < 1.29 is 17.9 Å². The van der Waals surface area contributed by atoms with Crippen molar-refractivity contribution in [2.24, 2.45) is 0 Å². The first-order valence-electron chi connectivity index (χ1n) is 6.01. The van der Waals surface area contributed by atoms with Crippen LogP contribution >= 0.6 is 15.9 Å². The van der Waals surface area contributed by atoms with E-state index in [1.165, 1.54) is 0 Å². The molecule has 0 amide bonds. The standard InChI is InChI=1S/C13H17BrF3NO/c1-18-9-12(10-3-5-11(14)6-4-10)19-8-2-7-13(15,16)17/h3-6,12,18H,2,7-9H2,1H3. The van der Waals surface area contributed by atoms with E-state index in [0.717, 1.165) is 10.0 Å². The summed E-state index contributed by atoms with van der Waals surface area (Å²) >= 11 is 3.34. The summed E-state index contributed by atoms with van der Waals surface area (Å²) in [6.45, 7) is 0.662. The molecule has 2 nitrogen and oxygen atoms in total. The van der Waals surface area contributed by atoms with Crippen LogP contribution in [0.15, 0.2) is 28.7 Å². The maximum Gasteiger partial charge on any atom is 0.389 e. The van der Waals surface area contributed by atoms with E-state index >= 15 is 0 Å². The Labute approximate surface area is 119 Å². The molecular formula is C13H17BrF3NO. The highest BCUT2D eigenvalue weighted by molar-refractivity contribution is 9.10. The molecule has 108 valence electrons. The lowest BCUT2D eigenvalue weighted by atomic mass is 10.1. The fraction of sp³-hybridized carbons (Fsp3) is 0.538. The van der Waals surface area contributed by atoms with Gasteiger partial charge in [-0.3, -0.25) is 0 Å². The molecular weight excluding hydrogens is 323 g/mol. The predicted octanol–water partition coefficient (Wildman–Crippen LogP) is 4.07. The molecule has 1 atom stereocenters. The molecule has 0 saturated carbocycles. The number of halogens is 4. The van der Waals surface area contributed by atoms with Gasteiger partial charge in [0.05, 0.1) is 6.10 Å². The van der Waals surface area contributed by atoms with Crippen LogP contribution in [0.3, 0.4) is 0 Å². The average molecular weight is 340 g/mol. The van der Waals surface area contributed by atoms with Crippen LogP contribution in [0.1, 0.15) is 24.5 Å². The van der Waals surface area contributed by atoms with E-state index in [1.807, 2.05) is 24.3 Å². The van der Waals surface area contributed by atoms with Crippen molar-refractivity contribution in [1.82, 2.24) is 5.32 Å². The van der Waals surface area contributed by atoms with Gasteiger partial charge in [0.2, 0.25) is 0 Å². The maximum absolute atomic E-state index is 12.0. The SMILES string of the molecule is CNCC(OCCCC(F)(F)F)c1ccc(Br)cc1. The van der Waals surface area contributed by atoms with Gasteiger partial charge in [-0.2, -0.15) is 13.2 Å². The van der Waals surface area contributed by atoms with Gasteiger partial charge in [-0.15, -0.1) is 0 Å². The number of hydrogen-bond donors (Lipinski definition) is 1. The topological polar surface area (TPSA) is 21.3 Å². The molecule has 6 heteroatoms. The lowest BCUT2D eigenvalue weighted by molar-refractivity contribution is -0.138. The molecule has 1 aromatic carbocycles. The number of ether oxygens (including phenoxy) is 1. The van der Waals surface area contributed by atoms with Gasteiger partial charge in [0, 0.05) is 24.0 Å². The van der Waals surface area contributed by atoms with E-state index < -0.39 is 12.6 Å². The van der Waals surface area contributed by atoms with Crippen LogP contribution in [0.4, 0.5) is 13.2 Å². The summed E-state index contributed by atoms with van der Waals surface area (Å²) in [6, 6.07) is 7.57. The van der Waals surface area contributed by atoms with Crippen molar-refractivity contribution in [3.63, 3.8) is 0 Å². The molecule has 0 radical (unpaired) electrons. The van der Waals surface area contributed by atoms with E-state index in [4.69, 9.17) is 4.74 Å². The van der Waals surface area contributed by atoms with Crippen LogP contribution in [0.2, 0.25) is 0 Å². The number of nitrogens with one attached hydrogen (secondary N) is 1. The third kappa shape index (κ3) is 6.94. The minimum atomic E-state index is -4.11. The molecule has 0 heterocycles. The Morgan fingerprint density at radius 1 is 1.26 bits per heavy atom. The summed E-state index contributed by atoms with van der Waals surface area (Å²) in [5, 5.41) is 2.98. The highest BCUT2D eigenvalue weighted by Gasteiger charge is 2.26. The molecule has 0 aromatic heterocycles.